The fourth-order valence-electron chi connectivity index (χ4n) is 2.97. The van der Waals surface area contributed by atoms with E-state index in [0.29, 0.717) is 17.3 Å². The number of piperidine rings is 1. The number of amides is 1. The molecule has 0 unspecified atom stereocenters. The smallest absolute Gasteiger partial charge is 0.316 e. The van der Waals surface area contributed by atoms with Crippen molar-refractivity contribution in [2.24, 2.45) is 5.16 Å². The van der Waals surface area contributed by atoms with Gasteiger partial charge < -0.3 is 5.32 Å². The van der Waals surface area contributed by atoms with Gasteiger partial charge >= 0.3 is 12.3 Å². The molecule has 0 radical (unpaired) electrons. The first-order valence-electron chi connectivity index (χ1n) is 9.48. The number of hydrogen-bond acceptors (Lipinski definition) is 5. The van der Waals surface area contributed by atoms with E-state index in [1.54, 1.807) is 0 Å². The summed E-state index contributed by atoms with van der Waals surface area (Å²) in [7, 11) is -4.11. The van der Waals surface area contributed by atoms with Crippen LogP contribution in [0, 0.1) is 5.82 Å². The fraction of sp³-hybridized carbons (Fsp3) is 0.300. The molecule has 0 bridgehead atoms. The highest BCUT2D eigenvalue weighted by atomic mass is 32.2. The van der Waals surface area contributed by atoms with Crippen LogP contribution in [0.3, 0.4) is 0 Å². The topological polar surface area (TPSA) is 88.1 Å². The normalized spacial score (nSPS) is 15.3. The van der Waals surface area contributed by atoms with E-state index in [9.17, 15) is 30.8 Å². The van der Waals surface area contributed by atoms with Gasteiger partial charge in [0, 0.05) is 32.5 Å². The van der Waals surface area contributed by atoms with Gasteiger partial charge in [-0.2, -0.15) is 17.5 Å². The number of oxime groups is 1. The zero-order valence-electron chi connectivity index (χ0n) is 16.6. The SMILES string of the molecule is O=C(NCc1ccc(F)cc1)ON=C1CCN(S(=O)(=O)c2cccc(C(F)(F)F)c2)CC1. The van der Waals surface area contributed by atoms with Gasteiger partial charge in [0.2, 0.25) is 10.0 Å². The van der Waals surface area contributed by atoms with Crippen molar-refractivity contribution in [1.82, 2.24) is 9.62 Å². The third kappa shape index (κ3) is 6.04. The van der Waals surface area contributed by atoms with Crippen molar-refractivity contribution in [3.63, 3.8) is 0 Å². The predicted molar refractivity (Wildman–Crippen MR) is 107 cm³/mol. The summed E-state index contributed by atoms with van der Waals surface area (Å²) in [6, 6.07) is 9.08. The van der Waals surface area contributed by atoms with Crippen LogP contribution < -0.4 is 5.32 Å². The molecule has 0 aromatic heterocycles. The Morgan fingerprint density at radius 1 is 1.09 bits per heavy atom. The number of alkyl halides is 3. The van der Waals surface area contributed by atoms with Crippen LogP contribution in [-0.4, -0.2) is 37.6 Å². The number of rotatable bonds is 5. The molecule has 7 nitrogen and oxygen atoms in total. The summed E-state index contributed by atoms with van der Waals surface area (Å²) in [5, 5.41) is 6.16. The minimum atomic E-state index is -4.65. The van der Waals surface area contributed by atoms with E-state index >= 15 is 0 Å². The third-order valence-electron chi connectivity index (χ3n) is 4.71. The van der Waals surface area contributed by atoms with Crippen LogP contribution in [0.4, 0.5) is 22.4 Å². The Labute approximate surface area is 181 Å². The van der Waals surface area contributed by atoms with Crippen LogP contribution in [0.25, 0.3) is 0 Å². The summed E-state index contributed by atoms with van der Waals surface area (Å²) in [4.78, 5) is 16.1. The van der Waals surface area contributed by atoms with Crippen LogP contribution in [0.15, 0.2) is 58.6 Å². The zero-order valence-corrected chi connectivity index (χ0v) is 17.4. The molecule has 1 fully saturated rings. The number of carbonyl (C=O) groups is 1. The highest BCUT2D eigenvalue weighted by Gasteiger charge is 2.33. The van der Waals surface area contributed by atoms with Gasteiger partial charge in [-0.05, 0) is 35.9 Å². The quantitative estimate of drug-likeness (QED) is 0.405. The minimum Gasteiger partial charge on any atom is -0.316 e. The van der Waals surface area contributed by atoms with Crippen LogP contribution in [0.2, 0.25) is 0 Å². The van der Waals surface area contributed by atoms with Crippen molar-refractivity contribution in [3.8, 4) is 0 Å². The van der Waals surface area contributed by atoms with Crippen molar-refractivity contribution in [2.75, 3.05) is 13.1 Å². The van der Waals surface area contributed by atoms with E-state index in [0.717, 1.165) is 22.5 Å². The molecule has 1 saturated heterocycles. The molecule has 0 spiro atoms. The van der Waals surface area contributed by atoms with Crippen molar-refractivity contribution in [3.05, 3.63) is 65.5 Å². The Morgan fingerprint density at radius 2 is 1.75 bits per heavy atom. The number of sulfonamides is 1. The number of nitrogens with zero attached hydrogens (tertiary/aromatic N) is 2. The highest BCUT2D eigenvalue weighted by molar-refractivity contribution is 7.89. The van der Waals surface area contributed by atoms with E-state index in [1.807, 2.05) is 0 Å². The molecule has 1 aliphatic rings. The number of nitrogens with one attached hydrogen (secondary N) is 1. The lowest BCUT2D eigenvalue weighted by molar-refractivity contribution is -0.137. The van der Waals surface area contributed by atoms with Gasteiger partial charge in [0.15, 0.2) is 0 Å². The number of halogens is 4. The van der Waals surface area contributed by atoms with Gasteiger partial charge in [-0.3, -0.25) is 4.84 Å². The molecule has 12 heteroatoms. The lowest BCUT2D eigenvalue weighted by Crippen LogP contribution is -2.38. The van der Waals surface area contributed by atoms with Crippen molar-refractivity contribution >= 4 is 21.8 Å². The average Bonchev–Trinajstić information content (AvgIpc) is 2.77. The molecule has 1 heterocycles. The molecule has 0 saturated carbocycles. The van der Waals surface area contributed by atoms with E-state index in [-0.39, 0.29) is 32.5 Å². The highest BCUT2D eigenvalue weighted by Crippen LogP contribution is 2.31. The first-order chi connectivity index (χ1) is 15.1. The first kappa shape index (κ1) is 23.7. The summed E-state index contributed by atoms with van der Waals surface area (Å²) in [5.74, 6) is -0.399. The second-order valence-corrected chi connectivity index (χ2v) is 8.88. The molecule has 172 valence electrons. The van der Waals surface area contributed by atoms with E-state index in [2.05, 4.69) is 10.5 Å². The molecular formula is C20H19F4N3O4S. The Kier molecular flexibility index (Phi) is 7.14. The number of benzene rings is 2. The Balaban J connectivity index is 1.53. The van der Waals surface area contributed by atoms with Gasteiger partial charge in [0.1, 0.15) is 5.82 Å². The maximum Gasteiger partial charge on any atom is 0.433 e. The predicted octanol–water partition coefficient (Wildman–Crippen LogP) is 3.91. The number of carbonyl (C=O) groups excluding carboxylic acids is 1. The van der Waals surface area contributed by atoms with Gasteiger partial charge in [-0.1, -0.05) is 23.4 Å². The van der Waals surface area contributed by atoms with Crippen LogP contribution in [-0.2, 0) is 27.6 Å². The molecule has 32 heavy (non-hydrogen) atoms. The fourth-order valence-corrected chi connectivity index (χ4v) is 4.46. The van der Waals surface area contributed by atoms with Crippen molar-refractivity contribution < 1.29 is 35.6 Å². The molecule has 2 aromatic rings. The van der Waals surface area contributed by atoms with Gasteiger partial charge in [0.25, 0.3) is 0 Å². The van der Waals surface area contributed by atoms with Crippen LogP contribution in [0.5, 0.6) is 0 Å². The molecule has 1 amide bonds. The molecular weight excluding hydrogens is 454 g/mol. The van der Waals surface area contributed by atoms with Gasteiger partial charge in [-0.25, -0.2) is 17.6 Å². The molecule has 1 aliphatic heterocycles. The maximum atomic E-state index is 12.9. The molecule has 0 aliphatic carbocycles. The largest absolute Gasteiger partial charge is 0.433 e. The summed E-state index contributed by atoms with van der Waals surface area (Å²) >= 11 is 0. The van der Waals surface area contributed by atoms with Crippen LogP contribution >= 0.6 is 0 Å². The summed E-state index contributed by atoms with van der Waals surface area (Å²) < 4.78 is 77.9. The summed E-state index contributed by atoms with van der Waals surface area (Å²) in [6.45, 7) is 0.0723. The number of hydrogen-bond donors (Lipinski definition) is 1. The monoisotopic (exact) mass is 473 g/mol. The molecule has 2 aromatic carbocycles. The zero-order chi connectivity index (χ0) is 23.4. The summed E-state index contributed by atoms with van der Waals surface area (Å²) in [5.41, 5.74) is 0.0550. The van der Waals surface area contributed by atoms with E-state index < -0.39 is 38.6 Å². The molecule has 1 N–H and O–H groups in total. The van der Waals surface area contributed by atoms with E-state index in [1.165, 1.54) is 24.3 Å². The van der Waals surface area contributed by atoms with Crippen molar-refractivity contribution in [1.29, 1.82) is 0 Å². The molecule has 3 rings (SSSR count). The maximum absolute atomic E-state index is 12.9. The minimum absolute atomic E-state index is 0.0159. The third-order valence-corrected chi connectivity index (χ3v) is 6.60. The second kappa shape index (κ2) is 9.65. The van der Waals surface area contributed by atoms with Gasteiger partial charge in [-0.15, -0.1) is 0 Å². The Bertz CT molecular complexity index is 1090. The summed E-state index contributed by atoms with van der Waals surface area (Å²) in [6.07, 6.45) is -5.17. The average molecular weight is 473 g/mol. The lowest BCUT2D eigenvalue weighted by atomic mass is 10.1. The van der Waals surface area contributed by atoms with Crippen molar-refractivity contribution in [2.45, 2.75) is 30.5 Å². The lowest BCUT2D eigenvalue weighted by Gasteiger charge is -2.26. The van der Waals surface area contributed by atoms with Crippen LogP contribution in [0.1, 0.15) is 24.0 Å². The van der Waals surface area contributed by atoms with Gasteiger partial charge in [0.05, 0.1) is 16.2 Å². The molecule has 0 atom stereocenters. The second-order valence-electron chi connectivity index (χ2n) is 6.95. The first-order valence-corrected chi connectivity index (χ1v) is 10.9. The Hall–Kier alpha value is -2.99. The standard InChI is InChI=1S/C20H19F4N3O4S/c21-16-6-4-14(5-7-16)13-25-19(28)31-26-17-8-10-27(11-9-17)32(29,30)18-3-1-2-15(12-18)20(22,23)24/h1-7,12H,8-11,13H2,(H,25,28). The van der Waals surface area contributed by atoms with E-state index in [4.69, 9.17) is 4.84 Å². The Morgan fingerprint density at radius 3 is 2.38 bits per heavy atom.